The van der Waals surface area contributed by atoms with Crippen LogP contribution in [0.5, 0.6) is 0 Å². The molecule has 0 radical (unpaired) electrons. The van der Waals surface area contributed by atoms with Crippen molar-refractivity contribution in [3.8, 4) is 0 Å². The van der Waals surface area contributed by atoms with Gasteiger partial charge in [0.15, 0.2) is 0 Å². The lowest BCUT2D eigenvalue weighted by molar-refractivity contribution is -0.137. The van der Waals surface area contributed by atoms with Crippen molar-refractivity contribution in [1.82, 2.24) is 5.32 Å². The van der Waals surface area contributed by atoms with Crippen LogP contribution in [0.4, 0.5) is 0 Å². The largest absolute Gasteiger partial charge is 0.481 e. The number of rotatable bonds is 5. The minimum Gasteiger partial charge on any atom is -0.481 e. The molecular weight excluding hydrogens is 220 g/mol. The number of amides is 1. The van der Waals surface area contributed by atoms with Gasteiger partial charge in [-0.15, -0.1) is 0 Å². The normalized spacial score (nSPS) is 19.4. The predicted molar refractivity (Wildman–Crippen MR) is 64.5 cm³/mol. The molecule has 4 N–H and O–H groups in total. The average Bonchev–Trinajstić information content (AvgIpc) is 2.54. The molecule has 1 unspecified atom stereocenters. The Labute approximate surface area is 102 Å². The molecule has 0 aromatic rings. The summed E-state index contributed by atoms with van der Waals surface area (Å²) in [6.45, 7) is 0. The summed E-state index contributed by atoms with van der Waals surface area (Å²) in [7, 11) is 0. The Morgan fingerprint density at radius 3 is 2.35 bits per heavy atom. The molecule has 5 heteroatoms. The summed E-state index contributed by atoms with van der Waals surface area (Å²) in [4.78, 5) is 22.1. The van der Waals surface area contributed by atoms with E-state index >= 15 is 0 Å². The molecule has 0 aliphatic heterocycles. The highest BCUT2D eigenvalue weighted by molar-refractivity contribution is 5.82. The van der Waals surface area contributed by atoms with E-state index in [9.17, 15) is 9.59 Å². The monoisotopic (exact) mass is 242 g/mol. The molecule has 0 saturated heterocycles. The Balaban J connectivity index is 2.28. The average molecular weight is 242 g/mol. The Hall–Kier alpha value is -1.10. The van der Waals surface area contributed by atoms with Gasteiger partial charge in [0.25, 0.3) is 0 Å². The van der Waals surface area contributed by atoms with E-state index in [4.69, 9.17) is 10.8 Å². The molecule has 17 heavy (non-hydrogen) atoms. The van der Waals surface area contributed by atoms with Crippen molar-refractivity contribution in [2.75, 3.05) is 0 Å². The molecule has 1 aliphatic carbocycles. The minimum absolute atomic E-state index is 0.0563. The first-order chi connectivity index (χ1) is 8.09. The fourth-order valence-electron chi connectivity index (χ4n) is 2.14. The Morgan fingerprint density at radius 2 is 1.82 bits per heavy atom. The summed E-state index contributed by atoms with van der Waals surface area (Å²) < 4.78 is 0. The number of carbonyl (C=O) groups excluding carboxylic acids is 1. The van der Waals surface area contributed by atoms with Crippen molar-refractivity contribution in [2.45, 2.75) is 63.5 Å². The number of aliphatic carboxylic acids is 1. The summed E-state index contributed by atoms with van der Waals surface area (Å²) in [5.41, 5.74) is 5.65. The smallest absolute Gasteiger partial charge is 0.303 e. The highest BCUT2D eigenvalue weighted by atomic mass is 16.4. The summed E-state index contributed by atoms with van der Waals surface area (Å²) in [6.07, 6.45) is 6.93. The number of hydrogen-bond acceptors (Lipinski definition) is 3. The van der Waals surface area contributed by atoms with Gasteiger partial charge in [-0.2, -0.15) is 0 Å². The van der Waals surface area contributed by atoms with Crippen molar-refractivity contribution in [2.24, 2.45) is 5.73 Å². The lowest BCUT2D eigenvalue weighted by Gasteiger charge is -2.19. The highest BCUT2D eigenvalue weighted by Crippen LogP contribution is 2.17. The van der Waals surface area contributed by atoms with Crippen molar-refractivity contribution >= 4 is 11.9 Å². The van der Waals surface area contributed by atoms with Gasteiger partial charge < -0.3 is 16.2 Å². The van der Waals surface area contributed by atoms with Crippen LogP contribution in [0.2, 0.25) is 0 Å². The van der Waals surface area contributed by atoms with E-state index in [-0.39, 0.29) is 24.8 Å². The van der Waals surface area contributed by atoms with Gasteiger partial charge in [0.2, 0.25) is 5.91 Å². The maximum Gasteiger partial charge on any atom is 0.303 e. The zero-order valence-corrected chi connectivity index (χ0v) is 10.2. The van der Waals surface area contributed by atoms with Crippen LogP contribution in [0.25, 0.3) is 0 Å². The predicted octanol–water partition coefficient (Wildman–Crippen LogP) is 1.02. The first-order valence-electron chi connectivity index (χ1n) is 6.37. The molecule has 1 saturated carbocycles. The molecule has 1 rings (SSSR count). The van der Waals surface area contributed by atoms with E-state index in [1.54, 1.807) is 0 Å². The van der Waals surface area contributed by atoms with Crippen molar-refractivity contribution in [3.05, 3.63) is 0 Å². The fraction of sp³-hybridized carbons (Fsp3) is 0.833. The molecule has 5 nitrogen and oxygen atoms in total. The first kappa shape index (κ1) is 14.0. The second kappa shape index (κ2) is 7.27. The SMILES string of the molecule is NC(CCC(=O)O)C(=O)NC1CCCCCC1. The Bertz CT molecular complexity index is 260. The van der Waals surface area contributed by atoms with E-state index in [0.717, 1.165) is 25.7 Å². The van der Waals surface area contributed by atoms with Crippen LogP contribution in [0.1, 0.15) is 51.4 Å². The van der Waals surface area contributed by atoms with Crippen LogP contribution in [-0.4, -0.2) is 29.1 Å². The fourth-order valence-corrected chi connectivity index (χ4v) is 2.14. The van der Waals surface area contributed by atoms with Gasteiger partial charge in [-0.1, -0.05) is 25.7 Å². The van der Waals surface area contributed by atoms with Crippen molar-refractivity contribution in [3.63, 3.8) is 0 Å². The van der Waals surface area contributed by atoms with Crippen molar-refractivity contribution in [1.29, 1.82) is 0 Å². The quantitative estimate of drug-likeness (QED) is 0.627. The van der Waals surface area contributed by atoms with Crippen molar-refractivity contribution < 1.29 is 14.7 Å². The summed E-state index contributed by atoms with van der Waals surface area (Å²) >= 11 is 0. The van der Waals surface area contributed by atoms with E-state index in [0.29, 0.717) is 0 Å². The second-order valence-corrected chi connectivity index (χ2v) is 4.74. The zero-order valence-electron chi connectivity index (χ0n) is 10.2. The third-order valence-electron chi connectivity index (χ3n) is 3.21. The lowest BCUT2D eigenvalue weighted by Crippen LogP contribution is -2.45. The maximum absolute atomic E-state index is 11.7. The number of nitrogens with one attached hydrogen (secondary N) is 1. The van der Waals surface area contributed by atoms with E-state index in [1.807, 2.05) is 0 Å². The molecular formula is C12H22N2O3. The second-order valence-electron chi connectivity index (χ2n) is 4.74. The number of carboxylic acid groups (broad SMARTS) is 1. The first-order valence-corrected chi connectivity index (χ1v) is 6.37. The molecule has 0 aromatic carbocycles. The summed E-state index contributed by atoms with van der Waals surface area (Å²) in [5.74, 6) is -1.12. The molecule has 1 amide bonds. The van der Waals surface area contributed by atoms with Crippen LogP contribution in [0, 0.1) is 0 Å². The molecule has 1 atom stereocenters. The molecule has 0 bridgehead atoms. The van der Waals surface area contributed by atoms with E-state index in [2.05, 4.69) is 5.32 Å². The van der Waals surface area contributed by atoms with Gasteiger partial charge in [0, 0.05) is 12.5 Å². The number of carboxylic acids is 1. The Morgan fingerprint density at radius 1 is 1.24 bits per heavy atom. The summed E-state index contributed by atoms with van der Waals surface area (Å²) in [5, 5.41) is 11.4. The molecule has 0 heterocycles. The third kappa shape index (κ3) is 5.68. The zero-order chi connectivity index (χ0) is 12.7. The van der Waals surface area contributed by atoms with Crippen LogP contribution in [0.15, 0.2) is 0 Å². The number of nitrogens with two attached hydrogens (primary N) is 1. The standard InChI is InChI=1S/C12H22N2O3/c13-10(7-8-11(15)16)12(17)14-9-5-3-1-2-4-6-9/h9-10H,1-8,13H2,(H,14,17)(H,15,16). The van der Waals surface area contributed by atoms with Gasteiger partial charge in [0.1, 0.15) is 0 Å². The van der Waals surface area contributed by atoms with Crippen LogP contribution in [0.3, 0.4) is 0 Å². The van der Waals surface area contributed by atoms with E-state index < -0.39 is 12.0 Å². The highest BCUT2D eigenvalue weighted by Gasteiger charge is 2.19. The van der Waals surface area contributed by atoms with Gasteiger partial charge in [-0.25, -0.2) is 0 Å². The summed E-state index contributed by atoms with van der Waals surface area (Å²) in [6, 6.07) is -0.477. The molecule has 1 fully saturated rings. The van der Waals surface area contributed by atoms with Crippen LogP contribution >= 0.6 is 0 Å². The topological polar surface area (TPSA) is 92.4 Å². The molecule has 98 valence electrons. The van der Waals surface area contributed by atoms with Crippen LogP contribution < -0.4 is 11.1 Å². The maximum atomic E-state index is 11.7. The third-order valence-corrected chi connectivity index (χ3v) is 3.21. The number of carbonyl (C=O) groups is 2. The molecule has 0 spiro atoms. The number of hydrogen-bond donors (Lipinski definition) is 3. The molecule has 0 aromatic heterocycles. The lowest BCUT2D eigenvalue weighted by atomic mass is 10.1. The van der Waals surface area contributed by atoms with Crippen LogP contribution in [-0.2, 0) is 9.59 Å². The van der Waals surface area contributed by atoms with Gasteiger partial charge in [0.05, 0.1) is 6.04 Å². The van der Waals surface area contributed by atoms with Gasteiger partial charge in [-0.3, -0.25) is 9.59 Å². The molecule has 1 aliphatic rings. The Kier molecular flexibility index (Phi) is 5.97. The van der Waals surface area contributed by atoms with E-state index in [1.165, 1.54) is 12.8 Å². The minimum atomic E-state index is -0.914. The van der Waals surface area contributed by atoms with Gasteiger partial charge >= 0.3 is 5.97 Å². The van der Waals surface area contributed by atoms with Gasteiger partial charge in [-0.05, 0) is 19.3 Å².